The number of alkyl carbamates (subject to hydrolysis) is 1. The van der Waals surface area contributed by atoms with Crippen LogP contribution in [0.15, 0.2) is 48.5 Å². The first kappa shape index (κ1) is 27.6. The summed E-state index contributed by atoms with van der Waals surface area (Å²) in [4.78, 5) is 41.6. The second-order valence-electron chi connectivity index (χ2n) is 10.2. The Balaban J connectivity index is 1.98. The lowest BCUT2D eigenvalue weighted by molar-refractivity contribution is -0.141. The van der Waals surface area contributed by atoms with Crippen molar-refractivity contribution in [1.82, 2.24) is 10.2 Å². The van der Waals surface area contributed by atoms with E-state index in [1.165, 1.54) is 0 Å². The zero-order valence-corrected chi connectivity index (χ0v) is 22.2. The molecule has 0 aromatic heterocycles. The fourth-order valence-corrected chi connectivity index (χ4v) is 4.11. The molecule has 8 nitrogen and oxygen atoms in total. The van der Waals surface area contributed by atoms with Gasteiger partial charge in [0.1, 0.15) is 23.4 Å². The lowest BCUT2D eigenvalue weighted by Gasteiger charge is -2.34. The third-order valence-corrected chi connectivity index (χ3v) is 6.08. The van der Waals surface area contributed by atoms with Crippen molar-refractivity contribution in [2.24, 2.45) is 5.92 Å². The predicted octanol–water partition coefficient (Wildman–Crippen LogP) is 4.51. The lowest BCUT2D eigenvalue weighted by Crippen LogP contribution is -2.52. The SMILES string of the molecule is C#Cc1ccccc1C(C(=O)Nc1ccc(OC)cc1)N(C(=O)C(C)NC(=O)OC(C)(C)C)C1CC1C. The average Bonchev–Trinajstić information content (AvgIpc) is 3.56. The van der Waals surface area contributed by atoms with Crippen LogP contribution in [0.4, 0.5) is 10.5 Å². The Morgan fingerprint density at radius 1 is 1.11 bits per heavy atom. The van der Waals surface area contributed by atoms with Crippen molar-refractivity contribution in [2.75, 3.05) is 12.4 Å². The first-order valence-electron chi connectivity index (χ1n) is 12.3. The van der Waals surface area contributed by atoms with Crippen LogP contribution in [-0.4, -0.2) is 47.6 Å². The molecule has 0 heterocycles. The molecule has 2 N–H and O–H groups in total. The van der Waals surface area contributed by atoms with Crippen molar-refractivity contribution in [2.45, 2.75) is 64.8 Å². The highest BCUT2D eigenvalue weighted by Crippen LogP contribution is 2.41. The van der Waals surface area contributed by atoms with E-state index in [0.29, 0.717) is 22.6 Å². The summed E-state index contributed by atoms with van der Waals surface area (Å²) in [5, 5.41) is 5.53. The molecule has 2 aromatic carbocycles. The summed E-state index contributed by atoms with van der Waals surface area (Å²) in [7, 11) is 1.56. The van der Waals surface area contributed by atoms with Gasteiger partial charge in [-0.05, 0) is 75.9 Å². The number of nitrogens with zero attached hydrogens (tertiary/aromatic N) is 1. The van der Waals surface area contributed by atoms with Crippen LogP contribution in [0, 0.1) is 18.3 Å². The van der Waals surface area contributed by atoms with Crippen LogP contribution >= 0.6 is 0 Å². The van der Waals surface area contributed by atoms with E-state index in [2.05, 4.69) is 16.6 Å². The summed E-state index contributed by atoms with van der Waals surface area (Å²) in [6.07, 6.45) is 5.80. The van der Waals surface area contributed by atoms with E-state index in [9.17, 15) is 14.4 Å². The van der Waals surface area contributed by atoms with Gasteiger partial charge in [0, 0.05) is 17.3 Å². The van der Waals surface area contributed by atoms with Gasteiger partial charge in [-0.3, -0.25) is 9.59 Å². The molecule has 0 aliphatic heterocycles. The number of nitrogens with one attached hydrogen (secondary N) is 2. The Morgan fingerprint density at radius 3 is 2.27 bits per heavy atom. The molecule has 37 heavy (non-hydrogen) atoms. The summed E-state index contributed by atoms with van der Waals surface area (Å²) >= 11 is 0. The normalized spacial score (nSPS) is 18.0. The summed E-state index contributed by atoms with van der Waals surface area (Å²) in [5.41, 5.74) is 0.874. The highest BCUT2D eigenvalue weighted by atomic mass is 16.6. The Morgan fingerprint density at radius 2 is 1.73 bits per heavy atom. The van der Waals surface area contributed by atoms with Crippen LogP contribution < -0.4 is 15.4 Å². The third kappa shape index (κ3) is 7.04. The van der Waals surface area contributed by atoms with Crippen molar-refractivity contribution in [3.8, 4) is 18.1 Å². The van der Waals surface area contributed by atoms with Gasteiger partial charge in [-0.15, -0.1) is 6.42 Å². The number of carbonyl (C=O) groups is 3. The molecular formula is C29H35N3O5. The number of hydrogen-bond acceptors (Lipinski definition) is 5. The zero-order valence-electron chi connectivity index (χ0n) is 22.2. The zero-order chi connectivity index (χ0) is 27.3. The first-order valence-corrected chi connectivity index (χ1v) is 12.3. The number of ether oxygens (including phenoxy) is 2. The maximum absolute atomic E-state index is 13.8. The molecule has 1 aliphatic carbocycles. The fraction of sp³-hybridized carbons (Fsp3) is 0.414. The van der Waals surface area contributed by atoms with Crippen molar-refractivity contribution in [3.05, 3.63) is 59.7 Å². The van der Waals surface area contributed by atoms with Gasteiger partial charge in [-0.2, -0.15) is 0 Å². The number of benzene rings is 2. The molecule has 8 heteroatoms. The molecule has 4 atom stereocenters. The number of amides is 3. The summed E-state index contributed by atoms with van der Waals surface area (Å²) < 4.78 is 10.5. The average molecular weight is 506 g/mol. The van der Waals surface area contributed by atoms with E-state index in [-0.39, 0.29) is 12.0 Å². The number of rotatable bonds is 8. The number of hydrogen-bond donors (Lipinski definition) is 2. The van der Waals surface area contributed by atoms with Crippen molar-refractivity contribution in [3.63, 3.8) is 0 Å². The summed E-state index contributed by atoms with van der Waals surface area (Å²) in [6.45, 7) is 8.83. The number of terminal acetylenes is 1. The minimum absolute atomic E-state index is 0.187. The molecule has 0 bridgehead atoms. The topological polar surface area (TPSA) is 97.0 Å². The summed E-state index contributed by atoms with van der Waals surface area (Å²) in [5.74, 6) is 2.66. The molecule has 2 aromatic rings. The lowest BCUT2D eigenvalue weighted by atomic mass is 9.97. The van der Waals surface area contributed by atoms with Crippen LogP contribution in [-0.2, 0) is 14.3 Å². The van der Waals surface area contributed by atoms with Crippen molar-refractivity contribution < 1.29 is 23.9 Å². The smallest absolute Gasteiger partial charge is 0.408 e. The molecule has 0 radical (unpaired) electrons. The molecule has 196 valence electrons. The molecule has 0 spiro atoms. The molecule has 3 rings (SSSR count). The summed E-state index contributed by atoms with van der Waals surface area (Å²) in [6, 6.07) is 11.8. The van der Waals surface area contributed by atoms with Gasteiger partial charge in [0.05, 0.1) is 7.11 Å². The molecule has 1 aliphatic rings. The van der Waals surface area contributed by atoms with Crippen LogP contribution in [0.3, 0.4) is 0 Å². The quantitative estimate of drug-likeness (QED) is 0.515. The van der Waals surface area contributed by atoms with E-state index >= 15 is 0 Å². The van der Waals surface area contributed by atoms with Crippen LogP contribution in [0.2, 0.25) is 0 Å². The number of carbonyl (C=O) groups excluding carboxylic acids is 3. The molecule has 0 saturated heterocycles. The Labute approximate surface area is 218 Å². The molecular weight excluding hydrogens is 470 g/mol. The van der Waals surface area contributed by atoms with Gasteiger partial charge in [0.2, 0.25) is 5.91 Å². The Kier molecular flexibility index (Phi) is 8.49. The Bertz CT molecular complexity index is 1180. The van der Waals surface area contributed by atoms with E-state index in [1.54, 1.807) is 88.2 Å². The van der Waals surface area contributed by atoms with E-state index < -0.39 is 35.6 Å². The van der Waals surface area contributed by atoms with Gasteiger partial charge < -0.3 is 25.0 Å². The second kappa shape index (κ2) is 11.4. The fourth-order valence-electron chi connectivity index (χ4n) is 4.11. The minimum Gasteiger partial charge on any atom is -0.497 e. The first-order chi connectivity index (χ1) is 17.4. The van der Waals surface area contributed by atoms with Crippen LogP contribution in [0.25, 0.3) is 0 Å². The maximum Gasteiger partial charge on any atom is 0.408 e. The highest BCUT2D eigenvalue weighted by molar-refractivity contribution is 5.99. The van der Waals surface area contributed by atoms with E-state index in [4.69, 9.17) is 15.9 Å². The van der Waals surface area contributed by atoms with Crippen LogP contribution in [0.5, 0.6) is 5.75 Å². The second-order valence-corrected chi connectivity index (χ2v) is 10.2. The van der Waals surface area contributed by atoms with Crippen LogP contribution in [0.1, 0.15) is 58.2 Å². The van der Waals surface area contributed by atoms with Gasteiger partial charge in [0.15, 0.2) is 0 Å². The standard InChI is InChI=1S/C29H35N3O5/c1-8-20-11-9-10-12-23(20)25(26(33)31-21-13-15-22(36-7)16-14-21)32(24-17-18(24)2)27(34)19(3)30-28(35)37-29(4,5)6/h1,9-16,18-19,24-25H,17H2,2-7H3,(H,30,35)(H,31,33). The van der Waals surface area contributed by atoms with Crippen molar-refractivity contribution >= 4 is 23.6 Å². The minimum atomic E-state index is -1.01. The molecule has 3 amide bonds. The maximum atomic E-state index is 13.8. The van der Waals surface area contributed by atoms with Gasteiger partial charge in [0.25, 0.3) is 5.91 Å². The monoisotopic (exact) mass is 505 g/mol. The largest absolute Gasteiger partial charge is 0.497 e. The Hall–Kier alpha value is -3.99. The van der Waals surface area contributed by atoms with Gasteiger partial charge in [-0.25, -0.2) is 4.79 Å². The highest BCUT2D eigenvalue weighted by Gasteiger charge is 2.48. The van der Waals surface area contributed by atoms with E-state index in [0.717, 1.165) is 6.42 Å². The molecule has 1 fully saturated rings. The number of anilines is 1. The van der Waals surface area contributed by atoms with Crippen molar-refractivity contribution in [1.29, 1.82) is 0 Å². The molecule has 1 saturated carbocycles. The van der Waals surface area contributed by atoms with Gasteiger partial charge >= 0.3 is 6.09 Å². The van der Waals surface area contributed by atoms with Gasteiger partial charge in [-0.1, -0.05) is 31.0 Å². The predicted molar refractivity (Wildman–Crippen MR) is 142 cm³/mol. The third-order valence-electron chi connectivity index (χ3n) is 6.08. The molecule has 4 unspecified atom stereocenters. The van der Waals surface area contributed by atoms with E-state index in [1.807, 2.05) is 6.92 Å². The number of methoxy groups -OCH3 is 1.